The van der Waals surface area contributed by atoms with Crippen LogP contribution in [0.3, 0.4) is 0 Å². The summed E-state index contributed by atoms with van der Waals surface area (Å²) >= 11 is 0. The van der Waals surface area contributed by atoms with E-state index < -0.39 is 17.8 Å². The van der Waals surface area contributed by atoms with Gasteiger partial charge in [-0.25, -0.2) is 4.79 Å². The Hall–Kier alpha value is -3.80. The quantitative estimate of drug-likeness (QED) is 0.680. The standard InChI is InChI=1S/C17H17N5O4/c1-20-15(23)9-4-10(16(24)21-2)6-12(5-9)22-8-11(7-18)13(19)14(22)17(25)26-3/h4-6,8H,19H2,1-3H3,(H,20,23)(H,21,24). The van der Waals surface area contributed by atoms with E-state index in [1.807, 2.05) is 6.07 Å². The number of nitrogens with one attached hydrogen (secondary N) is 2. The molecule has 0 aliphatic heterocycles. The smallest absolute Gasteiger partial charge is 0.357 e. The summed E-state index contributed by atoms with van der Waals surface area (Å²) in [5, 5.41) is 14.1. The molecule has 4 N–H and O–H groups in total. The largest absolute Gasteiger partial charge is 0.464 e. The van der Waals surface area contributed by atoms with E-state index in [4.69, 9.17) is 10.5 Å². The van der Waals surface area contributed by atoms with E-state index in [1.165, 1.54) is 50.2 Å². The van der Waals surface area contributed by atoms with E-state index >= 15 is 0 Å². The van der Waals surface area contributed by atoms with E-state index in [0.717, 1.165) is 0 Å². The molecule has 1 aromatic carbocycles. The molecule has 9 heteroatoms. The number of nitrogens with two attached hydrogens (primary N) is 1. The van der Waals surface area contributed by atoms with E-state index in [2.05, 4.69) is 10.6 Å². The van der Waals surface area contributed by atoms with Crippen molar-refractivity contribution in [2.45, 2.75) is 0 Å². The third-order valence-electron chi connectivity index (χ3n) is 3.72. The molecule has 0 aliphatic rings. The summed E-state index contributed by atoms with van der Waals surface area (Å²) in [5.41, 5.74) is 6.52. The number of nitrogens with zero attached hydrogens (tertiary/aromatic N) is 2. The summed E-state index contributed by atoms with van der Waals surface area (Å²) in [6, 6.07) is 6.24. The fourth-order valence-electron chi connectivity index (χ4n) is 2.42. The Morgan fingerprint density at radius 3 is 2.08 bits per heavy atom. The second-order valence-corrected chi connectivity index (χ2v) is 5.21. The lowest BCUT2D eigenvalue weighted by Crippen LogP contribution is -2.22. The highest BCUT2D eigenvalue weighted by atomic mass is 16.5. The highest BCUT2D eigenvalue weighted by Crippen LogP contribution is 2.26. The molecule has 134 valence electrons. The van der Waals surface area contributed by atoms with Gasteiger partial charge in [0.15, 0.2) is 5.69 Å². The van der Waals surface area contributed by atoms with Gasteiger partial charge in [-0.05, 0) is 18.2 Å². The van der Waals surface area contributed by atoms with Gasteiger partial charge in [-0.15, -0.1) is 0 Å². The summed E-state index contributed by atoms with van der Waals surface area (Å²) < 4.78 is 6.05. The van der Waals surface area contributed by atoms with Crippen molar-refractivity contribution in [2.75, 3.05) is 26.9 Å². The van der Waals surface area contributed by atoms with Gasteiger partial charge in [0.1, 0.15) is 6.07 Å². The molecule has 0 radical (unpaired) electrons. The van der Waals surface area contributed by atoms with Gasteiger partial charge in [-0.1, -0.05) is 0 Å². The maximum absolute atomic E-state index is 12.1. The maximum atomic E-state index is 12.1. The van der Waals surface area contributed by atoms with Gasteiger partial charge in [0.2, 0.25) is 0 Å². The zero-order valence-corrected chi connectivity index (χ0v) is 14.4. The molecule has 2 aromatic rings. The minimum atomic E-state index is -0.754. The first kappa shape index (κ1) is 18.5. The summed E-state index contributed by atoms with van der Waals surface area (Å²) in [6.07, 6.45) is 1.35. The Bertz CT molecular complexity index is 905. The van der Waals surface area contributed by atoms with E-state index in [1.54, 1.807) is 0 Å². The molecule has 0 saturated carbocycles. The molecule has 2 rings (SSSR count). The van der Waals surface area contributed by atoms with E-state index in [-0.39, 0.29) is 28.1 Å². The number of nitrogen functional groups attached to an aromatic ring is 1. The van der Waals surface area contributed by atoms with Crippen LogP contribution in [0.4, 0.5) is 5.69 Å². The maximum Gasteiger partial charge on any atom is 0.357 e. The van der Waals surface area contributed by atoms with Crippen molar-refractivity contribution in [3.05, 3.63) is 46.8 Å². The van der Waals surface area contributed by atoms with Gasteiger partial charge in [-0.2, -0.15) is 5.26 Å². The number of methoxy groups -OCH3 is 1. The molecule has 9 nitrogen and oxygen atoms in total. The van der Waals surface area contributed by atoms with Crippen LogP contribution in [0.25, 0.3) is 5.69 Å². The summed E-state index contributed by atoms with van der Waals surface area (Å²) in [6.45, 7) is 0. The number of carbonyl (C=O) groups excluding carboxylic acids is 3. The summed E-state index contributed by atoms with van der Waals surface area (Å²) in [7, 11) is 4.09. The minimum Gasteiger partial charge on any atom is -0.464 e. The molecule has 26 heavy (non-hydrogen) atoms. The molecule has 2 amide bonds. The first-order valence-corrected chi connectivity index (χ1v) is 7.46. The Kier molecular flexibility index (Phi) is 5.27. The van der Waals surface area contributed by atoms with Crippen molar-refractivity contribution in [2.24, 2.45) is 0 Å². The van der Waals surface area contributed by atoms with Crippen LogP contribution in [0.15, 0.2) is 24.4 Å². The monoisotopic (exact) mass is 355 g/mol. The number of benzene rings is 1. The third-order valence-corrected chi connectivity index (χ3v) is 3.72. The summed E-state index contributed by atoms with van der Waals surface area (Å²) in [5.74, 6) is -1.59. The Balaban J connectivity index is 2.79. The van der Waals surface area contributed by atoms with Crippen molar-refractivity contribution < 1.29 is 19.1 Å². The zero-order valence-electron chi connectivity index (χ0n) is 14.4. The predicted octanol–water partition coefficient (Wildman–Crippen LogP) is 0.437. The summed E-state index contributed by atoms with van der Waals surface area (Å²) in [4.78, 5) is 36.2. The number of ether oxygens (including phenoxy) is 1. The number of rotatable bonds is 4. The Morgan fingerprint density at radius 1 is 1.12 bits per heavy atom. The van der Waals surface area contributed by atoms with Crippen molar-refractivity contribution in [3.63, 3.8) is 0 Å². The van der Waals surface area contributed by atoms with Crippen molar-refractivity contribution in [3.8, 4) is 11.8 Å². The molecule has 0 unspecified atom stereocenters. The van der Waals surface area contributed by atoms with Crippen LogP contribution in [0, 0.1) is 11.3 Å². The highest BCUT2D eigenvalue weighted by Gasteiger charge is 2.23. The molecule has 0 saturated heterocycles. The Labute approximate surface area is 149 Å². The fraction of sp³-hybridized carbons (Fsp3) is 0.176. The van der Waals surface area contributed by atoms with Crippen LogP contribution in [0.5, 0.6) is 0 Å². The molecule has 1 heterocycles. The molecular weight excluding hydrogens is 338 g/mol. The van der Waals surface area contributed by atoms with Crippen LogP contribution in [0.1, 0.15) is 36.8 Å². The number of esters is 1. The molecule has 0 spiro atoms. The Morgan fingerprint density at radius 2 is 1.65 bits per heavy atom. The molecule has 1 aromatic heterocycles. The lowest BCUT2D eigenvalue weighted by atomic mass is 10.1. The first-order valence-electron chi connectivity index (χ1n) is 7.46. The fourth-order valence-corrected chi connectivity index (χ4v) is 2.42. The topological polar surface area (TPSA) is 139 Å². The van der Waals surface area contributed by atoms with Gasteiger partial charge in [0, 0.05) is 37.1 Å². The second kappa shape index (κ2) is 7.40. The van der Waals surface area contributed by atoms with Gasteiger partial charge in [0.05, 0.1) is 18.4 Å². The SMILES string of the molecule is CNC(=O)c1cc(C(=O)NC)cc(-n2cc(C#N)c(N)c2C(=O)OC)c1. The minimum absolute atomic E-state index is 0.0498. The van der Waals surface area contributed by atoms with Gasteiger partial charge in [-0.3, -0.25) is 9.59 Å². The van der Waals surface area contributed by atoms with Gasteiger partial charge in [0.25, 0.3) is 11.8 Å². The normalized spacial score (nSPS) is 9.92. The predicted molar refractivity (Wildman–Crippen MR) is 93.0 cm³/mol. The van der Waals surface area contributed by atoms with Crippen molar-refractivity contribution >= 4 is 23.5 Å². The van der Waals surface area contributed by atoms with Crippen LogP contribution in [-0.2, 0) is 4.74 Å². The molecule has 0 aliphatic carbocycles. The molecular formula is C17H17N5O4. The van der Waals surface area contributed by atoms with E-state index in [9.17, 15) is 19.6 Å². The number of hydrogen-bond donors (Lipinski definition) is 3. The lowest BCUT2D eigenvalue weighted by molar-refractivity contribution is 0.0592. The van der Waals surface area contributed by atoms with Crippen LogP contribution >= 0.6 is 0 Å². The molecule has 0 bridgehead atoms. The average Bonchev–Trinajstić information content (AvgIpc) is 3.01. The van der Waals surface area contributed by atoms with Gasteiger partial charge >= 0.3 is 5.97 Å². The number of nitriles is 1. The van der Waals surface area contributed by atoms with Crippen molar-refractivity contribution in [1.29, 1.82) is 5.26 Å². The molecule has 0 fully saturated rings. The number of carbonyl (C=O) groups is 3. The second-order valence-electron chi connectivity index (χ2n) is 5.21. The number of anilines is 1. The van der Waals surface area contributed by atoms with Crippen LogP contribution in [-0.4, -0.2) is 43.6 Å². The zero-order chi connectivity index (χ0) is 19.4. The number of amides is 2. The number of aromatic nitrogens is 1. The average molecular weight is 355 g/mol. The van der Waals surface area contributed by atoms with Crippen LogP contribution in [0.2, 0.25) is 0 Å². The lowest BCUT2D eigenvalue weighted by Gasteiger charge is -2.12. The molecule has 0 atom stereocenters. The van der Waals surface area contributed by atoms with Gasteiger partial charge < -0.3 is 25.7 Å². The van der Waals surface area contributed by atoms with Crippen LogP contribution < -0.4 is 16.4 Å². The van der Waals surface area contributed by atoms with Crippen molar-refractivity contribution in [1.82, 2.24) is 15.2 Å². The third kappa shape index (κ3) is 3.21. The number of hydrogen-bond acceptors (Lipinski definition) is 6. The first-order chi connectivity index (χ1) is 12.4. The van der Waals surface area contributed by atoms with E-state index in [0.29, 0.717) is 5.69 Å². The highest BCUT2D eigenvalue weighted by molar-refractivity contribution is 6.01.